The van der Waals surface area contributed by atoms with Crippen LogP contribution in [0.3, 0.4) is 0 Å². The quantitative estimate of drug-likeness (QED) is 0.687. The molecule has 28 heavy (non-hydrogen) atoms. The molecule has 1 N–H and O–H groups in total. The van der Waals surface area contributed by atoms with E-state index in [2.05, 4.69) is 38.3 Å². The number of hydrogen-bond donors (Lipinski definition) is 1. The van der Waals surface area contributed by atoms with Gasteiger partial charge < -0.3 is 14.8 Å². The predicted molar refractivity (Wildman–Crippen MR) is 113 cm³/mol. The van der Waals surface area contributed by atoms with Crippen molar-refractivity contribution < 1.29 is 14.3 Å². The van der Waals surface area contributed by atoms with E-state index < -0.39 is 0 Å². The summed E-state index contributed by atoms with van der Waals surface area (Å²) in [5.74, 6) is 1.53. The average Bonchev–Trinajstić information content (AvgIpc) is 2.99. The number of rotatable bonds is 4. The van der Waals surface area contributed by atoms with Crippen LogP contribution in [0.1, 0.15) is 30.9 Å². The lowest BCUT2D eigenvalue weighted by Crippen LogP contribution is -2.33. The highest BCUT2D eigenvalue weighted by atomic mass is 79.9. The van der Waals surface area contributed by atoms with Gasteiger partial charge in [-0.25, -0.2) is 0 Å². The molecule has 0 spiro atoms. The summed E-state index contributed by atoms with van der Waals surface area (Å²) in [6.07, 6.45) is 2.97. The lowest BCUT2D eigenvalue weighted by Gasteiger charge is -2.25. The molecule has 2 aromatic rings. The summed E-state index contributed by atoms with van der Waals surface area (Å²) in [5.41, 5.74) is 1.79. The normalized spacial score (nSPS) is 19.3. The lowest BCUT2D eigenvalue weighted by molar-refractivity contribution is -0.117. The first kappa shape index (κ1) is 19.6. The number of amides is 1. The molecule has 148 valence electrons. The fourth-order valence-electron chi connectivity index (χ4n) is 3.75. The minimum atomic E-state index is -0.0644. The van der Waals surface area contributed by atoms with Crippen LogP contribution in [0.5, 0.6) is 11.5 Å². The van der Waals surface area contributed by atoms with Crippen LogP contribution >= 0.6 is 27.5 Å². The Morgan fingerprint density at radius 2 is 1.96 bits per heavy atom. The van der Waals surface area contributed by atoms with E-state index in [-0.39, 0.29) is 11.9 Å². The number of benzene rings is 2. The molecule has 4 rings (SSSR count). The third-order valence-electron chi connectivity index (χ3n) is 5.07. The second kappa shape index (κ2) is 8.72. The fraction of sp³-hybridized carbons (Fsp3) is 0.381. The predicted octanol–water partition coefficient (Wildman–Crippen LogP) is 5.04. The van der Waals surface area contributed by atoms with Gasteiger partial charge in [-0.05, 0) is 55.3 Å². The van der Waals surface area contributed by atoms with E-state index in [1.807, 2.05) is 12.1 Å². The molecule has 2 aliphatic rings. The molecule has 0 radical (unpaired) electrons. The molecule has 5 nitrogen and oxygen atoms in total. The van der Waals surface area contributed by atoms with Crippen LogP contribution in [0.25, 0.3) is 0 Å². The largest absolute Gasteiger partial charge is 0.490 e. The van der Waals surface area contributed by atoms with Crippen molar-refractivity contribution in [1.29, 1.82) is 0 Å². The summed E-state index contributed by atoms with van der Waals surface area (Å²) >= 11 is 9.59. The number of hydrogen-bond acceptors (Lipinski definition) is 4. The van der Waals surface area contributed by atoms with Crippen molar-refractivity contribution in [2.75, 3.05) is 31.6 Å². The van der Waals surface area contributed by atoms with E-state index in [1.165, 1.54) is 0 Å². The topological polar surface area (TPSA) is 50.8 Å². The Morgan fingerprint density at radius 3 is 2.79 bits per heavy atom. The first-order chi connectivity index (χ1) is 13.6. The summed E-state index contributed by atoms with van der Waals surface area (Å²) in [7, 11) is 0. The van der Waals surface area contributed by atoms with Gasteiger partial charge in [-0.1, -0.05) is 33.6 Å². The lowest BCUT2D eigenvalue weighted by atomic mass is 10.0. The second-order valence-electron chi connectivity index (χ2n) is 7.06. The minimum absolute atomic E-state index is 0.0644. The van der Waals surface area contributed by atoms with Crippen LogP contribution in [-0.2, 0) is 4.79 Å². The van der Waals surface area contributed by atoms with Crippen LogP contribution in [0.4, 0.5) is 5.69 Å². The number of halogens is 2. The van der Waals surface area contributed by atoms with Crippen LogP contribution in [-0.4, -0.2) is 37.1 Å². The van der Waals surface area contributed by atoms with Crippen molar-refractivity contribution in [3.63, 3.8) is 0 Å². The Bertz CT molecular complexity index is 877. The number of anilines is 1. The number of ether oxygens (including phenoxy) is 2. The van der Waals surface area contributed by atoms with Gasteiger partial charge in [0.1, 0.15) is 0 Å². The molecule has 2 heterocycles. The Hall–Kier alpha value is -1.76. The monoisotopic (exact) mass is 464 g/mol. The zero-order chi connectivity index (χ0) is 19.5. The number of nitrogens with zero attached hydrogens (tertiary/aromatic N) is 1. The van der Waals surface area contributed by atoms with E-state index in [4.69, 9.17) is 21.1 Å². The van der Waals surface area contributed by atoms with E-state index in [1.54, 1.807) is 12.1 Å². The van der Waals surface area contributed by atoms with Gasteiger partial charge in [0.2, 0.25) is 5.91 Å². The fourth-order valence-corrected chi connectivity index (χ4v) is 4.47. The average molecular weight is 466 g/mol. The third kappa shape index (κ3) is 4.45. The molecular weight excluding hydrogens is 444 g/mol. The Balaban J connectivity index is 1.45. The summed E-state index contributed by atoms with van der Waals surface area (Å²) in [6, 6.07) is 11.8. The number of carbonyl (C=O) groups is 1. The van der Waals surface area contributed by atoms with E-state index in [0.29, 0.717) is 30.5 Å². The summed E-state index contributed by atoms with van der Waals surface area (Å²) in [5, 5.41) is 3.43. The van der Waals surface area contributed by atoms with Gasteiger partial charge >= 0.3 is 0 Å². The third-order valence-corrected chi connectivity index (χ3v) is 5.88. The molecule has 0 aromatic heterocycles. The van der Waals surface area contributed by atoms with Gasteiger partial charge in [0.05, 0.1) is 30.5 Å². The highest BCUT2D eigenvalue weighted by Crippen LogP contribution is 2.37. The SMILES string of the molecule is O=C(CN1CCC[C@H]1c1ccc2c(c1)OCCCO2)Nc1ccc(Br)cc1Cl. The van der Waals surface area contributed by atoms with Gasteiger partial charge in [-0.2, -0.15) is 0 Å². The molecule has 0 bridgehead atoms. The number of likely N-dealkylation sites (tertiary alicyclic amines) is 1. The highest BCUT2D eigenvalue weighted by Gasteiger charge is 2.28. The molecule has 1 fully saturated rings. The maximum absolute atomic E-state index is 12.6. The first-order valence-electron chi connectivity index (χ1n) is 9.48. The van der Waals surface area contributed by atoms with Gasteiger partial charge in [-0.15, -0.1) is 0 Å². The number of fused-ring (bicyclic) bond motifs is 1. The maximum atomic E-state index is 12.6. The zero-order valence-electron chi connectivity index (χ0n) is 15.4. The van der Waals surface area contributed by atoms with Crippen LogP contribution in [0.15, 0.2) is 40.9 Å². The zero-order valence-corrected chi connectivity index (χ0v) is 17.8. The Labute approximate surface area is 178 Å². The second-order valence-corrected chi connectivity index (χ2v) is 8.38. The standard InChI is InChI=1S/C21H22BrClN2O3/c22-15-5-6-17(16(23)12-15)24-21(26)13-25-8-1-3-18(25)14-4-7-19-20(11-14)28-10-2-9-27-19/h4-7,11-12,18H,1-3,8-10,13H2,(H,24,26)/t18-/m0/s1. The van der Waals surface area contributed by atoms with Gasteiger partial charge in [0.15, 0.2) is 11.5 Å². The first-order valence-corrected chi connectivity index (χ1v) is 10.7. The Morgan fingerprint density at radius 1 is 1.14 bits per heavy atom. The summed E-state index contributed by atoms with van der Waals surface area (Å²) in [6.45, 7) is 2.56. The van der Waals surface area contributed by atoms with Gasteiger partial charge in [0, 0.05) is 16.9 Å². The molecule has 1 saturated heterocycles. The molecule has 0 saturated carbocycles. The smallest absolute Gasteiger partial charge is 0.238 e. The van der Waals surface area contributed by atoms with Crippen molar-refractivity contribution in [2.45, 2.75) is 25.3 Å². The van der Waals surface area contributed by atoms with Crippen LogP contribution in [0, 0.1) is 0 Å². The summed E-state index contributed by atoms with van der Waals surface area (Å²) in [4.78, 5) is 14.8. The van der Waals surface area contributed by atoms with Crippen molar-refractivity contribution in [3.8, 4) is 11.5 Å². The maximum Gasteiger partial charge on any atom is 0.238 e. The Kier molecular flexibility index (Phi) is 6.09. The molecule has 1 amide bonds. The van der Waals surface area contributed by atoms with Gasteiger partial charge in [-0.3, -0.25) is 9.69 Å². The summed E-state index contributed by atoms with van der Waals surface area (Å²) < 4.78 is 12.4. The molecule has 2 aliphatic heterocycles. The van der Waals surface area contributed by atoms with Crippen molar-refractivity contribution in [1.82, 2.24) is 4.90 Å². The number of nitrogens with one attached hydrogen (secondary N) is 1. The molecule has 2 aromatic carbocycles. The van der Waals surface area contributed by atoms with Crippen LogP contribution < -0.4 is 14.8 Å². The molecule has 0 aliphatic carbocycles. The molecule has 7 heteroatoms. The van der Waals surface area contributed by atoms with E-state index >= 15 is 0 Å². The minimum Gasteiger partial charge on any atom is -0.490 e. The van der Waals surface area contributed by atoms with Crippen LogP contribution in [0.2, 0.25) is 5.02 Å². The molecular formula is C21H22BrClN2O3. The van der Waals surface area contributed by atoms with E-state index in [9.17, 15) is 4.79 Å². The highest BCUT2D eigenvalue weighted by molar-refractivity contribution is 9.10. The van der Waals surface area contributed by atoms with Crippen molar-refractivity contribution in [2.24, 2.45) is 0 Å². The van der Waals surface area contributed by atoms with Gasteiger partial charge in [0.25, 0.3) is 0 Å². The molecule has 0 unspecified atom stereocenters. The molecule has 1 atom stereocenters. The number of carbonyl (C=O) groups excluding carboxylic acids is 1. The van der Waals surface area contributed by atoms with E-state index in [0.717, 1.165) is 47.3 Å². The van der Waals surface area contributed by atoms with Crippen molar-refractivity contribution in [3.05, 3.63) is 51.5 Å². The van der Waals surface area contributed by atoms with Crippen molar-refractivity contribution >= 4 is 39.1 Å².